The van der Waals surface area contributed by atoms with Crippen LogP contribution in [0.3, 0.4) is 0 Å². The molecule has 0 aliphatic carbocycles. The molecule has 3 aliphatic heterocycles. The van der Waals surface area contributed by atoms with Crippen LogP contribution in [0.1, 0.15) is 43.5 Å². The van der Waals surface area contributed by atoms with Gasteiger partial charge in [0.1, 0.15) is 5.70 Å². The van der Waals surface area contributed by atoms with Crippen molar-refractivity contribution < 1.29 is 9.90 Å². The number of rotatable bonds is 2. The summed E-state index contributed by atoms with van der Waals surface area (Å²) < 4.78 is 2.04. The predicted octanol–water partition coefficient (Wildman–Crippen LogP) is 3.67. The van der Waals surface area contributed by atoms with Crippen molar-refractivity contribution in [1.29, 1.82) is 0 Å². The number of fused-ring (bicyclic) bond motifs is 3. The van der Waals surface area contributed by atoms with Crippen LogP contribution in [-0.2, 0) is 11.2 Å². The van der Waals surface area contributed by atoms with E-state index >= 15 is 0 Å². The molecule has 4 heterocycles. The van der Waals surface area contributed by atoms with Gasteiger partial charge in [0.25, 0.3) is 0 Å². The fourth-order valence-electron chi connectivity index (χ4n) is 5.44. The van der Waals surface area contributed by atoms with Crippen LogP contribution in [0.25, 0.3) is 16.6 Å². The number of carbonyl (C=O) groups is 1. The van der Waals surface area contributed by atoms with E-state index in [2.05, 4.69) is 36.1 Å². The maximum absolute atomic E-state index is 12.1. The van der Waals surface area contributed by atoms with E-state index in [1.807, 2.05) is 10.6 Å². The van der Waals surface area contributed by atoms with Crippen LogP contribution in [0.15, 0.2) is 30.3 Å². The molecule has 3 aliphatic rings. The molecule has 0 amide bonds. The van der Waals surface area contributed by atoms with Gasteiger partial charge in [-0.05, 0) is 49.9 Å². The van der Waals surface area contributed by atoms with Crippen LogP contribution < -0.4 is 0 Å². The van der Waals surface area contributed by atoms with Gasteiger partial charge in [-0.1, -0.05) is 25.1 Å². The number of benzene rings is 1. The van der Waals surface area contributed by atoms with E-state index in [1.165, 1.54) is 16.6 Å². The molecule has 0 unspecified atom stereocenters. The minimum absolute atomic E-state index is 0.0362. The lowest BCUT2D eigenvalue weighted by molar-refractivity contribution is -0.131. The van der Waals surface area contributed by atoms with Gasteiger partial charge in [-0.3, -0.25) is 4.90 Å². The lowest BCUT2D eigenvalue weighted by Gasteiger charge is -2.53. The Morgan fingerprint density at radius 2 is 2.17 bits per heavy atom. The Labute approximate surface area is 141 Å². The van der Waals surface area contributed by atoms with Gasteiger partial charge in [0.05, 0.1) is 11.6 Å². The highest BCUT2D eigenvalue weighted by Crippen LogP contribution is 2.56. The largest absolute Gasteiger partial charge is 0.477 e. The van der Waals surface area contributed by atoms with Crippen LogP contribution in [0.4, 0.5) is 0 Å². The van der Waals surface area contributed by atoms with Gasteiger partial charge in [-0.15, -0.1) is 0 Å². The molecule has 2 aromatic rings. The first-order valence-electron chi connectivity index (χ1n) is 8.99. The number of hydrogen-bond acceptors (Lipinski definition) is 2. The van der Waals surface area contributed by atoms with E-state index in [9.17, 15) is 9.90 Å². The first kappa shape index (κ1) is 14.3. The molecule has 124 valence electrons. The first-order chi connectivity index (χ1) is 11.7. The molecule has 24 heavy (non-hydrogen) atoms. The zero-order valence-electron chi connectivity index (χ0n) is 14.0. The van der Waals surface area contributed by atoms with Crippen LogP contribution in [0.5, 0.6) is 0 Å². The molecule has 4 nitrogen and oxygen atoms in total. The molecule has 2 atom stereocenters. The summed E-state index contributed by atoms with van der Waals surface area (Å²) in [5.41, 5.74) is 4.09. The van der Waals surface area contributed by atoms with Gasteiger partial charge in [0, 0.05) is 23.0 Å². The van der Waals surface area contributed by atoms with Crippen molar-refractivity contribution in [3.8, 4) is 0 Å². The topological polar surface area (TPSA) is 45.5 Å². The quantitative estimate of drug-likeness (QED) is 0.917. The third-order valence-corrected chi connectivity index (χ3v) is 6.47. The van der Waals surface area contributed by atoms with E-state index in [0.29, 0.717) is 11.7 Å². The third-order valence-electron chi connectivity index (χ3n) is 6.47. The number of para-hydroxylation sites is 1. The second-order valence-electron chi connectivity index (χ2n) is 7.43. The number of aromatic nitrogens is 1. The van der Waals surface area contributed by atoms with E-state index in [1.54, 1.807) is 0 Å². The van der Waals surface area contributed by atoms with Gasteiger partial charge in [0.15, 0.2) is 0 Å². The predicted molar refractivity (Wildman–Crippen MR) is 93.8 cm³/mol. The first-order valence-corrected chi connectivity index (χ1v) is 8.99. The van der Waals surface area contributed by atoms with Crippen LogP contribution in [-0.4, -0.2) is 33.6 Å². The highest BCUT2D eigenvalue weighted by atomic mass is 16.4. The minimum Gasteiger partial charge on any atom is -0.477 e. The number of aliphatic carboxylic acids is 1. The molecule has 1 fully saturated rings. The number of piperidine rings is 1. The summed E-state index contributed by atoms with van der Waals surface area (Å²) in [5, 5.41) is 11.2. The Morgan fingerprint density at radius 3 is 2.96 bits per heavy atom. The Kier molecular flexibility index (Phi) is 2.82. The maximum Gasteiger partial charge on any atom is 0.352 e. The normalized spacial score (nSPS) is 28.5. The molecule has 1 N–H and O–H groups in total. The number of nitrogens with zero attached hydrogens (tertiary/aromatic N) is 2. The van der Waals surface area contributed by atoms with Crippen LogP contribution in [0, 0.1) is 5.41 Å². The number of carboxylic acid groups (broad SMARTS) is 1. The molecule has 1 aromatic carbocycles. The summed E-state index contributed by atoms with van der Waals surface area (Å²) >= 11 is 0. The molecule has 1 saturated heterocycles. The van der Waals surface area contributed by atoms with Crippen molar-refractivity contribution in [2.24, 2.45) is 5.41 Å². The van der Waals surface area contributed by atoms with Gasteiger partial charge in [-0.2, -0.15) is 0 Å². The van der Waals surface area contributed by atoms with E-state index < -0.39 is 5.97 Å². The molecule has 0 radical (unpaired) electrons. The van der Waals surface area contributed by atoms with Gasteiger partial charge < -0.3 is 9.67 Å². The molecule has 1 aromatic heterocycles. The average Bonchev–Trinajstić information content (AvgIpc) is 2.95. The molecule has 4 heteroatoms. The number of hydrogen-bond donors (Lipinski definition) is 1. The molecular weight excluding hydrogens is 300 g/mol. The van der Waals surface area contributed by atoms with Crippen molar-refractivity contribution in [2.45, 2.75) is 38.6 Å². The highest BCUT2D eigenvalue weighted by Gasteiger charge is 2.50. The summed E-state index contributed by atoms with van der Waals surface area (Å²) in [6.07, 6.45) is 6.34. The highest BCUT2D eigenvalue weighted by molar-refractivity contribution is 6.12. The SMILES string of the molecule is CC[C@@]12C=C(C(=O)O)n3c4c(c5ccccc53)CCN(CCC1)[C@H]42. The Bertz CT molecular complexity index is 894. The van der Waals surface area contributed by atoms with Crippen molar-refractivity contribution in [3.63, 3.8) is 0 Å². The average molecular weight is 322 g/mol. The van der Waals surface area contributed by atoms with E-state index in [-0.39, 0.29) is 5.41 Å². The summed E-state index contributed by atoms with van der Waals surface area (Å²) in [6.45, 7) is 4.43. The minimum atomic E-state index is -0.812. The number of carboxylic acids is 1. The Balaban J connectivity index is 1.92. The van der Waals surface area contributed by atoms with Gasteiger partial charge in [0.2, 0.25) is 0 Å². The second kappa shape index (κ2) is 4.73. The molecule has 5 rings (SSSR count). The smallest absolute Gasteiger partial charge is 0.352 e. The summed E-state index contributed by atoms with van der Waals surface area (Å²) in [7, 11) is 0. The molecule has 0 bridgehead atoms. The summed E-state index contributed by atoms with van der Waals surface area (Å²) in [6, 6.07) is 8.63. The van der Waals surface area contributed by atoms with E-state index in [0.717, 1.165) is 44.3 Å². The fraction of sp³-hybridized carbons (Fsp3) is 0.450. The van der Waals surface area contributed by atoms with Crippen LogP contribution >= 0.6 is 0 Å². The fourth-order valence-corrected chi connectivity index (χ4v) is 5.44. The Morgan fingerprint density at radius 1 is 1.33 bits per heavy atom. The summed E-state index contributed by atoms with van der Waals surface area (Å²) in [5.74, 6) is -0.812. The molecule has 0 spiro atoms. The zero-order chi connectivity index (χ0) is 16.5. The lowest BCUT2D eigenvalue weighted by atomic mass is 9.66. The van der Waals surface area contributed by atoms with Crippen molar-refractivity contribution in [1.82, 2.24) is 9.47 Å². The third kappa shape index (κ3) is 1.59. The lowest BCUT2D eigenvalue weighted by Crippen LogP contribution is -2.51. The molecule has 0 saturated carbocycles. The zero-order valence-corrected chi connectivity index (χ0v) is 14.0. The van der Waals surface area contributed by atoms with Gasteiger partial charge in [-0.25, -0.2) is 4.79 Å². The van der Waals surface area contributed by atoms with Crippen LogP contribution in [0.2, 0.25) is 0 Å². The van der Waals surface area contributed by atoms with Gasteiger partial charge >= 0.3 is 5.97 Å². The summed E-state index contributed by atoms with van der Waals surface area (Å²) in [4.78, 5) is 14.7. The maximum atomic E-state index is 12.1. The second-order valence-corrected chi connectivity index (χ2v) is 7.43. The van der Waals surface area contributed by atoms with Crippen molar-refractivity contribution >= 4 is 22.6 Å². The Hall–Kier alpha value is -2.07. The standard InChI is InChI=1S/C20H22N2O2/c1-2-20-9-5-10-21-11-8-14-13-6-3-4-7-15(13)22(17(14)18(20)21)16(12-20)19(23)24/h3-4,6-7,12,18H,2,5,8-11H2,1H3,(H,23,24)/t18-,20+/m1/s1. The van der Waals surface area contributed by atoms with E-state index in [4.69, 9.17) is 0 Å². The molecular formula is C20H22N2O2. The van der Waals surface area contributed by atoms with Crippen molar-refractivity contribution in [2.75, 3.05) is 13.1 Å². The monoisotopic (exact) mass is 322 g/mol. The van der Waals surface area contributed by atoms with Crippen molar-refractivity contribution in [3.05, 3.63) is 41.6 Å².